The molecule has 0 amide bonds. The van der Waals surface area contributed by atoms with E-state index in [1.165, 1.54) is 16.7 Å². The van der Waals surface area contributed by atoms with Crippen LogP contribution in [0.25, 0.3) is 0 Å². The van der Waals surface area contributed by atoms with Crippen LogP contribution in [0.15, 0.2) is 30.6 Å². The number of aryl methyl sites for hydroxylation is 2. The molecular weight excluding hydrogens is 262 g/mol. The first kappa shape index (κ1) is 15.6. The summed E-state index contributed by atoms with van der Waals surface area (Å²) in [6.07, 6.45) is 4.79. The predicted molar refractivity (Wildman–Crippen MR) is 85.7 cm³/mol. The Morgan fingerprint density at radius 2 is 2.19 bits per heavy atom. The lowest BCUT2D eigenvalue weighted by Gasteiger charge is -2.18. The normalized spacial score (nSPS) is 12.4. The van der Waals surface area contributed by atoms with Gasteiger partial charge in [-0.05, 0) is 32.0 Å². The molecule has 1 unspecified atom stereocenters. The van der Waals surface area contributed by atoms with Crippen molar-refractivity contribution in [3.8, 4) is 5.75 Å². The van der Waals surface area contributed by atoms with Gasteiger partial charge in [-0.3, -0.25) is 4.68 Å². The minimum absolute atomic E-state index is 0.295. The van der Waals surface area contributed by atoms with Gasteiger partial charge in [-0.2, -0.15) is 5.10 Å². The Hall–Kier alpha value is -1.81. The van der Waals surface area contributed by atoms with E-state index in [0.717, 1.165) is 18.7 Å². The van der Waals surface area contributed by atoms with Gasteiger partial charge in [-0.25, -0.2) is 0 Å². The first-order chi connectivity index (χ1) is 10.1. The third-order valence-electron chi connectivity index (χ3n) is 3.55. The zero-order valence-electron chi connectivity index (χ0n) is 13.4. The number of nitrogens with one attached hydrogen (secondary N) is 1. The minimum Gasteiger partial charge on any atom is -0.493 e. The molecule has 1 N–H and O–H groups in total. The summed E-state index contributed by atoms with van der Waals surface area (Å²) in [5.41, 5.74) is 3.68. The molecule has 0 radical (unpaired) electrons. The third kappa shape index (κ3) is 4.33. The molecule has 0 spiro atoms. The van der Waals surface area contributed by atoms with Crippen LogP contribution >= 0.6 is 0 Å². The van der Waals surface area contributed by atoms with Crippen molar-refractivity contribution in [1.29, 1.82) is 0 Å². The van der Waals surface area contributed by atoms with Crippen molar-refractivity contribution in [2.24, 2.45) is 7.05 Å². The molecule has 0 saturated heterocycles. The maximum absolute atomic E-state index is 6.00. The lowest BCUT2D eigenvalue weighted by Crippen LogP contribution is -2.19. The number of hydrogen-bond donors (Lipinski definition) is 1. The Labute approximate surface area is 127 Å². The van der Waals surface area contributed by atoms with Crippen LogP contribution in [0, 0.1) is 6.92 Å². The molecule has 4 heteroatoms. The van der Waals surface area contributed by atoms with Crippen LogP contribution in [-0.4, -0.2) is 22.9 Å². The molecular formula is C17H25N3O. The van der Waals surface area contributed by atoms with Crippen molar-refractivity contribution in [2.75, 3.05) is 13.2 Å². The van der Waals surface area contributed by atoms with Crippen LogP contribution < -0.4 is 10.1 Å². The zero-order chi connectivity index (χ0) is 15.2. The average molecular weight is 287 g/mol. The van der Waals surface area contributed by atoms with E-state index in [9.17, 15) is 0 Å². The van der Waals surface area contributed by atoms with Gasteiger partial charge in [0.25, 0.3) is 0 Å². The second kappa shape index (κ2) is 7.27. The summed E-state index contributed by atoms with van der Waals surface area (Å²) >= 11 is 0. The van der Waals surface area contributed by atoms with Crippen LogP contribution in [-0.2, 0) is 13.5 Å². The summed E-state index contributed by atoms with van der Waals surface area (Å²) < 4.78 is 7.82. The number of hydrogen-bond acceptors (Lipinski definition) is 3. The molecule has 0 aliphatic heterocycles. The number of rotatable bonds is 7. The molecule has 1 aromatic heterocycles. The van der Waals surface area contributed by atoms with Crippen LogP contribution in [0.1, 0.15) is 36.6 Å². The molecule has 114 valence electrons. The Balaban J connectivity index is 2.01. The number of ether oxygens (including phenoxy) is 1. The van der Waals surface area contributed by atoms with E-state index >= 15 is 0 Å². The van der Waals surface area contributed by atoms with E-state index in [2.05, 4.69) is 49.4 Å². The molecule has 1 aromatic carbocycles. The van der Waals surface area contributed by atoms with Crippen LogP contribution in [0.5, 0.6) is 5.75 Å². The lowest BCUT2D eigenvalue weighted by atomic mass is 10.0. The summed E-state index contributed by atoms with van der Waals surface area (Å²) in [6, 6.07) is 6.67. The van der Waals surface area contributed by atoms with Crippen molar-refractivity contribution < 1.29 is 4.74 Å². The molecule has 0 bridgehead atoms. The summed E-state index contributed by atoms with van der Waals surface area (Å²) in [6.45, 7) is 8.02. The van der Waals surface area contributed by atoms with Gasteiger partial charge in [-0.15, -0.1) is 0 Å². The fourth-order valence-corrected chi connectivity index (χ4v) is 2.43. The SMILES string of the molecule is CCNC(C)c1cc(C)ccc1OCCc1cnn(C)c1. The Kier molecular flexibility index (Phi) is 5.39. The third-order valence-corrected chi connectivity index (χ3v) is 3.55. The van der Waals surface area contributed by atoms with Crippen molar-refractivity contribution in [2.45, 2.75) is 33.2 Å². The van der Waals surface area contributed by atoms with E-state index in [1.54, 1.807) is 0 Å². The second-order valence-corrected chi connectivity index (χ2v) is 5.44. The van der Waals surface area contributed by atoms with E-state index in [-0.39, 0.29) is 0 Å². The molecule has 0 aliphatic rings. The molecule has 0 fully saturated rings. The molecule has 1 atom stereocenters. The zero-order valence-corrected chi connectivity index (χ0v) is 13.4. The van der Waals surface area contributed by atoms with Crippen LogP contribution in [0.4, 0.5) is 0 Å². The van der Waals surface area contributed by atoms with Gasteiger partial charge in [0.15, 0.2) is 0 Å². The fourth-order valence-electron chi connectivity index (χ4n) is 2.43. The molecule has 0 saturated carbocycles. The van der Waals surface area contributed by atoms with E-state index < -0.39 is 0 Å². The lowest BCUT2D eigenvalue weighted by molar-refractivity contribution is 0.315. The van der Waals surface area contributed by atoms with Gasteiger partial charge in [-0.1, -0.05) is 24.6 Å². The van der Waals surface area contributed by atoms with Crippen molar-refractivity contribution in [3.05, 3.63) is 47.3 Å². The first-order valence-electron chi connectivity index (χ1n) is 7.54. The number of aromatic nitrogens is 2. The topological polar surface area (TPSA) is 39.1 Å². The van der Waals surface area contributed by atoms with E-state index in [4.69, 9.17) is 4.74 Å². The van der Waals surface area contributed by atoms with Crippen LogP contribution in [0.3, 0.4) is 0 Å². The van der Waals surface area contributed by atoms with Crippen LogP contribution in [0.2, 0.25) is 0 Å². The summed E-state index contributed by atoms with van der Waals surface area (Å²) in [7, 11) is 1.93. The second-order valence-electron chi connectivity index (χ2n) is 5.44. The van der Waals surface area contributed by atoms with Gasteiger partial charge in [0.2, 0.25) is 0 Å². The highest BCUT2D eigenvalue weighted by Gasteiger charge is 2.11. The summed E-state index contributed by atoms with van der Waals surface area (Å²) in [4.78, 5) is 0. The predicted octanol–water partition coefficient (Wildman–Crippen LogP) is 3.02. The van der Waals surface area contributed by atoms with Gasteiger partial charge in [0, 0.05) is 31.3 Å². The smallest absolute Gasteiger partial charge is 0.124 e. The summed E-state index contributed by atoms with van der Waals surface area (Å²) in [5, 5.41) is 7.62. The monoisotopic (exact) mass is 287 g/mol. The minimum atomic E-state index is 0.295. The number of benzene rings is 1. The molecule has 1 heterocycles. The maximum Gasteiger partial charge on any atom is 0.124 e. The molecule has 0 aliphatic carbocycles. The van der Waals surface area contributed by atoms with Gasteiger partial charge >= 0.3 is 0 Å². The first-order valence-corrected chi connectivity index (χ1v) is 7.54. The maximum atomic E-state index is 6.00. The van der Waals surface area contributed by atoms with Gasteiger partial charge in [0.05, 0.1) is 12.8 Å². The Bertz CT molecular complexity index is 577. The summed E-state index contributed by atoms with van der Waals surface area (Å²) in [5.74, 6) is 0.970. The van der Waals surface area contributed by atoms with E-state index in [0.29, 0.717) is 12.6 Å². The molecule has 2 aromatic rings. The van der Waals surface area contributed by atoms with Gasteiger partial charge < -0.3 is 10.1 Å². The Morgan fingerprint density at radius 1 is 1.38 bits per heavy atom. The number of nitrogens with zero attached hydrogens (tertiary/aromatic N) is 2. The Morgan fingerprint density at radius 3 is 2.86 bits per heavy atom. The molecule has 2 rings (SSSR count). The average Bonchev–Trinajstić information content (AvgIpc) is 2.86. The molecule has 21 heavy (non-hydrogen) atoms. The van der Waals surface area contributed by atoms with Crippen molar-refractivity contribution >= 4 is 0 Å². The standard InChI is InChI=1S/C17H25N3O/c1-5-18-14(3)16-10-13(2)6-7-17(16)21-9-8-15-11-19-20(4)12-15/h6-7,10-12,14,18H,5,8-9H2,1-4H3. The van der Waals surface area contributed by atoms with Crippen molar-refractivity contribution in [3.63, 3.8) is 0 Å². The van der Waals surface area contributed by atoms with Crippen molar-refractivity contribution in [1.82, 2.24) is 15.1 Å². The highest BCUT2D eigenvalue weighted by Crippen LogP contribution is 2.26. The largest absolute Gasteiger partial charge is 0.493 e. The highest BCUT2D eigenvalue weighted by molar-refractivity contribution is 5.39. The van der Waals surface area contributed by atoms with E-state index in [1.807, 2.05) is 24.1 Å². The van der Waals surface area contributed by atoms with Gasteiger partial charge in [0.1, 0.15) is 5.75 Å². The highest BCUT2D eigenvalue weighted by atomic mass is 16.5. The molecule has 4 nitrogen and oxygen atoms in total. The fraction of sp³-hybridized carbons (Fsp3) is 0.471. The quantitative estimate of drug-likeness (QED) is 0.851.